The van der Waals surface area contributed by atoms with E-state index >= 15 is 0 Å². The number of hydrogen-bond acceptors (Lipinski definition) is 3. The maximum Gasteiger partial charge on any atom is 0.326 e. The van der Waals surface area contributed by atoms with Crippen molar-refractivity contribution in [2.45, 2.75) is 52.0 Å². The minimum Gasteiger partial charge on any atom is -0.480 e. The topological polar surface area (TPSA) is 57.6 Å². The van der Waals surface area contributed by atoms with Gasteiger partial charge in [-0.1, -0.05) is 19.8 Å². The predicted octanol–water partition coefficient (Wildman–Crippen LogP) is 3.09. The quantitative estimate of drug-likeness (QED) is 0.932. The third-order valence-corrected chi connectivity index (χ3v) is 5.22. The van der Waals surface area contributed by atoms with Crippen LogP contribution in [0.2, 0.25) is 0 Å². The Balaban J connectivity index is 2.25. The van der Waals surface area contributed by atoms with Crippen molar-refractivity contribution in [1.29, 1.82) is 0 Å². The minimum atomic E-state index is -0.885. The first-order chi connectivity index (χ1) is 9.54. The lowest BCUT2D eigenvalue weighted by molar-refractivity contribution is -0.142. The number of rotatable bonds is 3. The van der Waals surface area contributed by atoms with E-state index in [-0.39, 0.29) is 5.91 Å². The molecule has 4 nitrogen and oxygen atoms in total. The molecular weight excluding hydrogens is 274 g/mol. The average Bonchev–Trinajstić information content (AvgIpc) is 2.64. The lowest BCUT2D eigenvalue weighted by Crippen LogP contribution is -2.44. The summed E-state index contributed by atoms with van der Waals surface area (Å²) in [6.45, 7) is 4.62. The van der Waals surface area contributed by atoms with Crippen LogP contribution in [0, 0.1) is 6.92 Å². The number of amides is 1. The van der Waals surface area contributed by atoms with Crippen LogP contribution >= 0.6 is 11.3 Å². The molecule has 5 heteroatoms. The molecule has 0 saturated carbocycles. The van der Waals surface area contributed by atoms with Crippen molar-refractivity contribution < 1.29 is 14.7 Å². The molecule has 0 bridgehead atoms. The molecule has 0 aliphatic carbocycles. The highest BCUT2D eigenvalue weighted by Gasteiger charge is 2.32. The molecule has 2 rings (SSSR count). The number of likely N-dealkylation sites (tertiary alicyclic amines) is 1. The number of aliphatic carboxylic acids is 1. The van der Waals surface area contributed by atoms with Crippen molar-refractivity contribution in [3.63, 3.8) is 0 Å². The molecule has 1 amide bonds. The highest BCUT2D eigenvalue weighted by molar-refractivity contribution is 7.14. The van der Waals surface area contributed by atoms with Gasteiger partial charge < -0.3 is 10.0 Å². The van der Waals surface area contributed by atoms with Crippen molar-refractivity contribution in [3.05, 3.63) is 21.4 Å². The molecule has 1 N–H and O–H groups in total. The molecule has 1 fully saturated rings. The van der Waals surface area contributed by atoms with Gasteiger partial charge >= 0.3 is 5.97 Å². The molecule has 0 spiro atoms. The second-order valence-corrected chi connectivity index (χ2v) is 6.41. The van der Waals surface area contributed by atoms with Crippen LogP contribution in [0.25, 0.3) is 0 Å². The standard InChI is InChI=1S/C15H21NO3S/c1-3-12-10(2)9-13(20-12)14(17)16-8-6-4-5-7-11(16)15(18)19/h9,11H,3-8H2,1-2H3,(H,18,19). The van der Waals surface area contributed by atoms with Crippen LogP contribution in [-0.2, 0) is 11.2 Å². The van der Waals surface area contributed by atoms with E-state index in [2.05, 4.69) is 6.92 Å². The van der Waals surface area contributed by atoms with Crippen molar-refractivity contribution in [2.75, 3.05) is 6.54 Å². The minimum absolute atomic E-state index is 0.118. The first-order valence-electron chi connectivity index (χ1n) is 7.17. The second-order valence-electron chi connectivity index (χ2n) is 5.27. The number of carbonyl (C=O) groups is 2. The molecule has 1 atom stereocenters. The van der Waals surface area contributed by atoms with Gasteiger partial charge in [-0.3, -0.25) is 4.79 Å². The first kappa shape index (κ1) is 15.0. The number of carboxylic acids is 1. The molecule has 1 saturated heterocycles. The predicted molar refractivity (Wildman–Crippen MR) is 79.4 cm³/mol. The smallest absolute Gasteiger partial charge is 0.326 e. The van der Waals surface area contributed by atoms with E-state index in [1.54, 1.807) is 4.90 Å². The van der Waals surface area contributed by atoms with Gasteiger partial charge in [0, 0.05) is 11.4 Å². The Morgan fingerprint density at radius 2 is 2.15 bits per heavy atom. The van der Waals surface area contributed by atoms with Gasteiger partial charge in [0.15, 0.2) is 0 Å². The van der Waals surface area contributed by atoms with Gasteiger partial charge in [-0.2, -0.15) is 0 Å². The molecule has 0 aromatic carbocycles. The fraction of sp³-hybridized carbons (Fsp3) is 0.600. The van der Waals surface area contributed by atoms with E-state index in [1.807, 2.05) is 13.0 Å². The van der Waals surface area contributed by atoms with E-state index in [4.69, 9.17) is 0 Å². The van der Waals surface area contributed by atoms with Gasteiger partial charge in [0.1, 0.15) is 6.04 Å². The number of thiophene rings is 1. The van der Waals surface area contributed by atoms with E-state index in [1.165, 1.54) is 16.2 Å². The second kappa shape index (κ2) is 6.39. The van der Waals surface area contributed by atoms with E-state index < -0.39 is 12.0 Å². The lowest BCUT2D eigenvalue weighted by atomic mass is 10.1. The van der Waals surface area contributed by atoms with Gasteiger partial charge in [-0.15, -0.1) is 11.3 Å². The van der Waals surface area contributed by atoms with E-state index in [0.717, 1.165) is 31.2 Å². The highest BCUT2D eigenvalue weighted by atomic mass is 32.1. The summed E-state index contributed by atoms with van der Waals surface area (Å²) < 4.78 is 0. The van der Waals surface area contributed by atoms with Crippen LogP contribution in [-0.4, -0.2) is 34.5 Å². The lowest BCUT2D eigenvalue weighted by Gasteiger charge is -2.26. The largest absolute Gasteiger partial charge is 0.480 e. The summed E-state index contributed by atoms with van der Waals surface area (Å²) in [5.74, 6) is -1.00. The maximum atomic E-state index is 12.6. The Morgan fingerprint density at radius 3 is 2.75 bits per heavy atom. The zero-order valence-electron chi connectivity index (χ0n) is 12.0. The first-order valence-corrected chi connectivity index (χ1v) is 7.99. The average molecular weight is 295 g/mol. The number of nitrogens with zero attached hydrogens (tertiary/aromatic N) is 1. The summed E-state index contributed by atoms with van der Waals surface area (Å²) in [5.41, 5.74) is 1.13. The molecule has 20 heavy (non-hydrogen) atoms. The SMILES string of the molecule is CCc1sc(C(=O)N2CCCCCC2C(=O)O)cc1C. The van der Waals surface area contributed by atoms with E-state index in [9.17, 15) is 14.7 Å². The van der Waals surface area contributed by atoms with Gasteiger partial charge in [0.25, 0.3) is 5.91 Å². The van der Waals surface area contributed by atoms with Crippen molar-refractivity contribution >= 4 is 23.2 Å². The van der Waals surface area contributed by atoms with Crippen LogP contribution in [0.4, 0.5) is 0 Å². The molecule has 2 heterocycles. The number of aryl methyl sites for hydroxylation is 2. The summed E-state index contributed by atoms with van der Waals surface area (Å²) in [6, 6.07) is 1.23. The van der Waals surface area contributed by atoms with Gasteiger partial charge in [-0.25, -0.2) is 4.79 Å². The molecule has 110 valence electrons. The molecule has 1 aliphatic heterocycles. The maximum absolute atomic E-state index is 12.6. The molecular formula is C15H21NO3S. The summed E-state index contributed by atoms with van der Waals surface area (Å²) in [4.78, 5) is 27.4. The molecule has 1 aromatic heterocycles. The summed E-state index contributed by atoms with van der Waals surface area (Å²) in [7, 11) is 0. The van der Waals surface area contributed by atoms with Crippen molar-refractivity contribution in [1.82, 2.24) is 4.90 Å². The van der Waals surface area contributed by atoms with Crippen LogP contribution in [0.1, 0.15) is 52.7 Å². The van der Waals surface area contributed by atoms with Gasteiger partial charge in [-0.05, 0) is 37.8 Å². The highest BCUT2D eigenvalue weighted by Crippen LogP contribution is 2.26. The zero-order valence-corrected chi connectivity index (χ0v) is 12.8. The van der Waals surface area contributed by atoms with Crippen LogP contribution in [0.3, 0.4) is 0 Å². The van der Waals surface area contributed by atoms with Crippen molar-refractivity contribution in [2.24, 2.45) is 0 Å². The monoisotopic (exact) mass is 295 g/mol. The van der Waals surface area contributed by atoms with Crippen LogP contribution < -0.4 is 0 Å². The summed E-state index contributed by atoms with van der Waals surface area (Å²) >= 11 is 1.50. The van der Waals surface area contributed by atoms with Crippen molar-refractivity contribution in [3.8, 4) is 0 Å². The van der Waals surface area contributed by atoms with Crippen LogP contribution in [0.15, 0.2) is 6.07 Å². The Morgan fingerprint density at radius 1 is 1.40 bits per heavy atom. The zero-order chi connectivity index (χ0) is 14.7. The summed E-state index contributed by atoms with van der Waals surface area (Å²) in [5, 5.41) is 9.34. The molecule has 1 unspecified atom stereocenters. The van der Waals surface area contributed by atoms with Crippen LogP contribution in [0.5, 0.6) is 0 Å². The fourth-order valence-electron chi connectivity index (χ4n) is 2.73. The molecule has 1 aliphatic rings. The summed E-state index contributed by atoms with van der Waals surface area (Å²) in [6.07, 6.45) is 4.24. The molecule has 1 aromatic rings. The molecule has 0 radical (unpaired) electrons. The fourth-order valence-corrected chi connectivity index (χ4v) is 3.80. The third kappa shape index (κ3) is 3.03. The Hall–Kier alpha value is -1.36. The van der Waals surface area contributed by atoms with Gasteiger partial charge in [0.05, 0.1) is 4.88 Å². The number of hydrogen-bond donors (Lipinski definition) is 1. The van der Waals surface area contributed by atoms with E-state index in [0.29, 0.717) is 17.8 Å². The Kier molecular flexibility index (Phi) is 4.81. The third-order valence-electron chi connectivity index (χ3n) is 3.85. The number of carboxylic acid groups (broad SMARTS) is 1. The normalized spacial score (nSPS) is 19.7. The Labute approximate surface area is 123 Å². The Bertz CT molecular complexity index is 509. The van der Waals surface area contributed by atoms with Gasteiger partial charge in [0.2, 0.25) is 0 Å². The number of carbonyl (C=O) groups excluding carboxylic acids is 1.